The Bertz CT molecular complexity index is 434. The van der Waals surface area contributed by atoms with Gasteiger partial charge in [-0.1, -0.05) is 6.07 Å². The van der Waals surface area contributed by atoms with Gasteiger partial charge in [-0.05, 0) is 25.0 Å². The average Bonchev–Trinajstić information content (AvgIpc) is 3.27. The minimum Gasteiger partial charge on any atom is -0.383 e. The van der Waals surface area contributed by atoms with Crippen LogP contribution in [0.15, 0.2) is 18.2 Å². The second kappa shape index (κ2) is 6.60. The number of pyridine rings is 1. The summed E-state index contributed by atoms with van der Waals surface area (Å²) in [5, 5.41) is 0. The maximum atomic E-state index is 11.4. The van der Waals surface area contributed by atoms with Crippen molar-refractivity contribution in [3.8, 4) is 0 Å². The molecular weight excluding hydrogens is 244 g/mol. The molecule has 1 aromatic heterocycles. The quantitative estimate of drug-likeness (QED) is 0.420. The molecule has 104 valence electrons. The Labute approximate surface area is 112 Å². The van der Waals surface area contributed by atoms with E-state index in [1.165, 1.54) is 12.8 Å². The van der Waals surface area contributed by atoms with Crippen LogP contribution in [0.4, 0.5) is 0 Å². The second-order valence-corrected chi connectivity index (χ2v) is 4.68. The number of ether oxygens (including phenoxy) is 1. The molecule has 1 aromatic rings. The molecule has 0 radical (unpaired) electrons. The first kappa shape index (κ1) is 13.9. The first-order chi connectivity index (χ1) is 9.24. The number of hydrogen-bond donors (Lipinski definition) is 2. The number of amides is 1. The monoisotopic (exact) mass is 264 g/mol. The number of rotatable bonds is 7. The smallest absolute Gasteiger partial charge is 0.283 e. The topological polar surface area (TPSA) is 80.5 Å². The molecule has 6 heteroatoms. The van der Waals surface area contributed by atoms with Gasteiger partial charge in [-0.25, -0.2) is 10.8 Å². The molecule has 0 bridgehead atoms. The van der Waals surface area contributed by atoms with Gasteiger partial charge in [0.05, 0.1) is 12.3 Å². The van der Waals surface area contributed by atoms with Crippen molar-refractivity contribution in [1.29, 1.82) is 0 Å². The molecule has 6 nitrogen and oxygen atoms in total. The van der Waals surface area contributed by atoms with Crippen LogP contribution >= 0.6 is 0 Å². The Kier molecular flexibility index (Phi) is 4.84. The number of nitrogens with one attached hydrogen (secondary N) is 1. The molecule has 1 fully saturated rings. The zero-order valence-electron chi connectivity index (χ0n) is 11.1. The highest BCUT2D eigenvalue weighted by molar-refractivity contribution is 5.91. The maximum Gasteiger partial charge on any atom is 0.283 e. The SMILES string of the molecule is COCCN(Cc1cccc(C(=O)NN)n1)C1CC1. The molecular formula is C13H20N4O2. The fourth-order valence-corrected chi connectivity index (χ4v) is 2.02. The fraction of sp³-hybridized carbons (Fsp3) is 0.538. The molecule has 1 aliphatic rings. The minimum atomic E-state index is -0.364. The van der Waals surface area contributed by atoms with Crippen molar-refractivity contribution < 1.29 is 9.53 Å². The molecule has 0 aliphatic heterocycles. The summed E-state index contributed by atoms with van der Waals surface area (Å²) in [6.45, 7) is 2.33. The van der Waals surface area contributed by atoms with E-state index in [1.807, 2.05) is 12.1 Å². The van der Waals surface area contributed by atoms with Crippen LogP contribution in [0.2, 0.25) is 0 Å². The van der Waals surface area contributed by atoms with Crippen LogP contribution in [0.25, 0.3) is 0 Å². The number of hydrogen-bond acceptors (Lipinski definition) is 5. The number of hydrazine groups is 1. The first-order valence-corrected chi connectivity index (χ1v) is 6.44. The van der Waals surface area contributed by atoms with Crippen LogP contribution in [0.1, 0.15) is 29.0 Å². The molecule has 0 atom stereocenters. The van der Waals surface area contributed by atoms with Gasteiger partial charge >= 0.3 is 0 Å². The second-order valence-electron chi connectivity index (χ2n) is 4.68. The van der Waals surface area contributed by atoms with Gasteiger partial charge in [-0.2, -0.15) is 0 Å². The molecule has 1 heterocycles. The van der Waals surface area contributed by atoms with Crippen molar-refractivity contribution in [3.63, 3.8) is 0 Å². The number of carbonyl (C=O) groups excluding carboxylic acids is 1. The van der Waals surface area contributed by atoms with Crippen LogP contribution in [-0.2, 0) is 11.3 Å². The first-order valence-electron chi connectivity index (χ1n) is 6.44. The van der Waals surface area contributed by atoms with E-state index in [-0.39, 0.29) is 5.91 Å². The number of nitrogens with two attached hydrogens (primary N) is 1. The predicted molar refractivity (Wildman–Crippen MR) is 71.2 cm³/mol. The molecule has 2 rings (SSSR count). The van der Waals surface area contributed by atoms with Crippen LogP contribution in [0, 0.1) is 0 Å². The lowest BCUT2D eigenvalue weighted by atomic mass is 10.2. The standard InChI is InChI=1S/C13H20N4O2/c1-19-8-7-17(11-5-6-11)9-10-3-2-4-12(15-10)13(18)16-14/h2-4,11H,5-9,14H2,1H3,(H,16,18). The lowest BCUT2D eigenvalue weighted by Gasteiger charge is -2.21. The Morgan fingerprint density at radius 3 is 3.00 bits per heavy atom. The number of methoxy groups -OCH3 is 1. The van der Waals surface area contributed by atoms with Gasteiger partial charge in [0.2, 0.25) is 0 Å². The van der Waals surface area contributed by atoms with E-state index in [2.05, 4.69) is 15.3 Å². The van der Waals surface area contributed by atoms with Crippen LogP contribution in [0.5, 0.6) is 0 Å². The van der Waals surface area contributed by atoms with Crippen molar-refractivity contribution >= 4 is 5.91 Å². The average molecular weight is 264 g/mol. The highest BCUT2D eigenvalue weighted by Crippen LogP contribution is 2.27. The highest BCUT2D eigenvalue weighted by atomic mass is 16.5. The number of nitrogens with zero attached hydrogens (tertiary/aromatic N) is 2. The Balaban J connectivity index is 2.01. The molecule has 0 spiro atoms. The third-order valence-corrected chi connectivity index (χ3v) is 3.18. The Hall–Kier alpha value is -1.50. The Morgan fingerprint density at radius 1 is 1.58 bits per heavy atom. The number of carbonyl (C=O) groups is 1. The maximum absolute atomic E-state index is 11.4. The van der Waals surface area contributed by atoms with Gasteiger partial charge < -0.3 is 4.74 Å². The number of aromatic nitrogens is 1. The van der Waals surface area contributed by atoms with Gasteiger partial charge in [0, 0.05) is 26.2 Å². The normalized spacial score (nSPS) is 14.7. The molecule has 0 unspecified atom stereocenters. The van der Waals surface area contributed by atoms with Crippen LogP contribution < -0.4 is 11.3 Å². The summed E-state index contributed by atoms with van der Waals surface area (Å²) in [5.41, 5.74) is 3.32. The lowest BCUT2D eigenvalue weighted by Crippen LogP contribution is -2.32. The molecule has 19 heavy (non-hydrogen) atoms. The van der Waals surface area contributed by atoms with Crippen molar-refractivity contribution in [2.24, 2.45) is 5.84 Å². The molecule has 0 aromatic carbocycles. The minimum absolute atomic E-state index is 0.350. The molecule has 0 saturated heterocycles. The van der Waals surface area contributed by atoms with Gasteiger partial charge in [0.1, 0.15) is 5.69 Å². The van der Waals surface area contributed by atoms with E-state index < -0.39 is 0 Å². The summed E-state index contributed by atoms with van der Waals surface area (Å²) in [6, 6.07) is 6.04. The van der Waals surface area contributed by atoms with E-state index in [0.29, 0.717) is 18.3 Å². The van der Waals surface area contributed by atoms with Gasteiger partial charge in [-0.15, -0.1) is 0 Å². The summed E-state index contributed by atoms with van der Waals surface area (Å²) < 4.78 is 5.12. The summed E-state index contributed by atoms with van der Waals surface area (Å²) in [5.74, 6) is 4.75. The highest BCUT2D eigenvalue weighted by Gasteiger charge is 2.28. The van der Waals surface area contributed by atoms with Crippen molar-refractivity contribution in [3.05, 3.63) is 29.6 Å². The van der Waals surface area contributed by atoms with Gasteiger partial charge in [-0.3, -0.25) is 15.1 Å². The third kappa shape index (κ3) is 3.99. The summed E-state index contributed by atoms with van der Waals surface area (Å²) >= 11 is 0. The summed E-state index contributed by atoms with van der Waals surface area (Å²) in [6.07, 6.45) is 2.46. The molecule has 3 N–H and O–H groups in total. The molecule has 1 aliphatic carbocycles. The van der Waals surface area contributed by atoms with Crippen LogP contribution in [0.3, 0.4) is 0 Å². The Morgan fingerprint density at radius 2 is 2.37 bits per heavy atom. The van der Waals surface area contributed by atoms with Gasteiger partial charge in [0.25, 0.3) is 5.91 Å². The molecule has 1 saturated carbocycles. The van der Waals surface area contributed by atoms with E-state index in [4.69, 9.17) is 10.6 Å². The predicted octanol–water partition coefficient (Wildman–Crippen LogP) is 0.296. The van der Waals surface area contributed by atoms with Crippen molar-refractivity contribution in [1.82, 2.24) is 15.3 Å². The van der Waals surface area contributed by atoms with E-state index >= 15 is 0 Å². The van der Waals surface area contributed by atoms with E-state index in [0.717, 1.165) is 18.8 Å². The largest absolute Gasteiger partial charge is 0.383 e. The zero-order valence-corrected chi connectivity index (χ0v) is 11.1. The fourth-order valence-electron chi connectivity index (χ4n) is 2.02. The van der Waals surface area contributed by atoms with E-state index in [1.54, 1.807) is 13.2 Å². The third-order valence-electron chi connectivity index (χ3n) is 3.18. The lowest BCUT2D eigenvalue weighted by molar-refractivity contribution is 0.0947. The van der Waals surface area contributed by atoms with Crippen molar-refractivity contribution in [2.45, 2.75) is 25.4 Å². The van der Waals surface area contributed by atoms with E-state index in [9.17, 15) is 4.79 Å². The van der Waals surface area contributed by atoms with Crippen LogP contribution in [-0.4, -0.2) is 42.1 Å². The number of nitrogen functional groups attached to an aromatic ring is 1. The zero-order chi connectivity index (χ0) is 13.7. The summed E-state index contributed by atoms with van der Waals surface area (Å²) in [7, 11) is 1.70. The van der Waals surface area contributed by atoms with Crippen molar-refractivity contribution in [2.75, 3.05) is 20.3 Å². The van der Waals surface area contributed by atoms with Gasteiger partial charge in [0.15, 0.2) is 0 Å². The molecule has 1 amide bonds. The summed E-state index contributed by atoms with van der Waals surface area (Å²) in [4.78, 5) is 18.1.